The number of hydrogen-bond acceptors (Lipinski definition) is 0. The van der Waals surface area contributed by atoms with Crippen molar-refractivity contribution in [1.29, 1.82) is 0 Å². The van der Waals surface area contributed by atoms with Crippen LogP contribution in [0.2, 0.25) is 0 Å². The molecular weight excluding hydrogens is 461 g/mol. The van der Waals surface area contributed by atoms with Crippen LogP contribution in [0.3, 0.4) is 0 Å². The molecule has 1 atom stereocenters. The van der Waals surface area contributed by atoms with Crippen molar-refractivity contribution in [3.05, 3.63) is 109 Å². The third-order valence-electron chi connectivity index (χ3n) is 4.00. The Labute approximate surface area is 200 Å². The molecule has 0 aliphatic carbocycles. The van der Waals surface area contributed by atoms with Crippen molar-refractivity contribution in [1.82, 2.24) is 0 Å². The molecule has 5 heteroatoms. The zero-order valence-electron chi connectivity index (χ0n) is 17.4. The minimum absolute atomic E-state index is 0.134. The zero-order valence-corrected chi connectivity index (χ0v) is 21.4. The van der Waals surface area contributed by atoms with E-state index in [1.165, 1.54) is 21.1 Å². The molecule has 0 bridgehead atoms. The van der Waals surface area contributed by atoms with E-state index >= 15 is 0 Å². The molecule has 1 N–H and O–H groups in total. The van der Waals surface area contributed by atoms with E-state index in [4.69, 9.17) is 24.3 Å². The maximum Gasteiger partial charge on any atom is 0.121 e. The van der Waals surface area contributed by atoms with Crippen molar-refractivity contribution in [3.63, 3.8) is 0 Å². The van der Waals surface area contributed by atoms with Gasteiger partial charge in [-0.25, -0.2) is 0 Å². The van der Waals surface area contributed by atoms with Gasteiger partial charge < -0.3 is 5.73 Å². The molecule has 2 radical (unpaired) electrons. The Morgan fingerprint density at radius 2 is 1.27 bits per heavy atom. The molecule has 1 unspecified atom stereocenters. The number of benzene rings is 3. The van der Waals surface area contributed by atoms with Crippen LogP contribution < -0.4 is 10.4 Å². The quantitative estimate of drug-likeness (QED) is 0.217. The van der Waals surface area contributed by atoms with Gasteiger partial charge in [-0.15, -0.1) is 35.7 Å². The molecule has 1 nitrogen and oxygen atoms in total. The third kappa shape index (κ3) is 12.4. The van der Waals surface area contributed by atoms with E-state index in [2.05, 4.69) is 103 Å². The smallest absolute Gasteiger partial charge is 0.121 e. The Balaban J connectivity index is 0.000000230. The van der Waals surface area contributed by atoms with Gasteiger partial charge >= 0.3 is 35.6 Å². The van der Waals surface area contributed by atoms with Gasteiger partial charge in [-0.3, -0.25) is 0 Å². The molecule has 0 aromatic heterocycles. The number of rotatable bonds is 3. The van der Waals surface area contributed by atoms with Crippen molar-refractivity contribution in [2.24, 2.45) is 0 Å². The molecule has 0 amide bonds. The SMILES string of the molecule is CCC(C)[NH-].[Cl][Ti][Cl].c1ccc([Si]c2ccccc2)cc1.c1ccc2[cH-]ccc2c1. The Morgan fingerprint density at radius 1 is 0.833 bits per heavy atom. The molecule has 0 aliphatic heterocycles. The first kappa shape index (κ1) is 26.8. The summed E-state index contributed by atoms with van der Waals surface area (Å²) in [4.78, 5) is 0. The van der Waals surface area contributed by atoms with Crippen LogP contribution in [0.4, 0.5) is 0 Å². The van der Waals surface area contributed by atoms with Crippen LogP contribution in [0.1, 0.15) is 20.3 Å². The van der Waals surface area contributed by atoms with Crippen molar-refractivity contribution in [2.75, 3.05) is 0 Å². The molecular formula is C25H27Cl2NSiTi-2. The second-order valence-electron chi connectivity index (χ2n) is 6.39. The number of fused-ring (bicyclic) bond motifs is 1. The van der Waals surface area contributed by atoms with Gasteiger partial charge in [-0.2, -0.15) is 17.5 Å². The summed E-state index contributed by atoms with van der Waals surface area (Å²) >= 11 is -0.556. The predicted octanol–water partition coefficient (Wildman–Crippen LogP) is 7.11. The van der Waals surface area contributed by atoms with Crippen molar-refractivity contribution in [2.45, 2.75) is 26.3 Å². The van der Waals surface area contributed by atoms with E-state index in [-0.39, 0.29) is 6.04 Å². The van der Waals surface area contributed by atoms with Crippen LogP contribution in [0.5, 0.6) is 0 Å². The molecule has 0 fully saturated rings. The van der Waals surface area contributed by atoms with Crippen LogP contribution in [-0.2, 0) is 17.0 Å². The minimum atomic E-state index is -0.556. The van der Waals surface area contributed by atoms with E-state index < -0.39 is 17.0 Å². The summed E-state index contributed by atoms with van der Waals surface area (Å²) in [6.45, 7) is 3.90. The summed E-state index contributed by atoms with van der Waals surface area (Å²) in [5.74, 6) is 0. The van der Waals surface area contributed by atoms with E-state index in [1.807, 2.05) is 13.8 Å². The van der Waals surface area contributed by atoms with Gasteiger partial charge in [0.15, 0.2) is 0 Å². The summed E-state index contributed by atoms with van der Waals surface area (Å²) < 4.78 is 0. The Morgan fingerprint density at radius 3 is 1.70 bits per heavy atom. The predicted molar refractivity (Wildman–Crippen MR) is 133 cm³/mol. The Bertz CT molecular complexity index is 831. The first-order valence-corrected chi connectivity index (χ1v) is 15.0. The van der Waals surface area contributed by atoms with Gasteiger partial charge in [-0.05, 0) is 0 Å². The van der Waals surface area contributed by atoms with Crippen LogP contribution in [0.25, 0.3) is 16.5 Å². The monoisotopic (exact) mass is 487 g/mol. The normalized spacial score (nSPS) is 10.3. The number of nitrogens with one attached hydrogen (secondary N) is 1. The molecule has 30 heavy (non-hydrogen) atoms. The second-order valence-corrected chi connectivity index (χ2v) is 10.4. The van der Waals surface area contributed by atoms with E-state index in [1.54, 1.807) is 0 Å². The maximum absolute atomic E-state index is 6.83. The van der Waals surface area contributed by atoms with E-state index in [0.29, 0.717) is 0 Å². The Hall–Kier alpha value is -1.26. The molecule has 0 saturated carbocycles. The van der Waals surface area contributed by atoms with Gasteiger partial charge in [0, 0.05) is 0 Å². The minimum Gasteiger partial charge on any atom is -0.168 e. The Kier molecular flexibility index (Phi) is 15.6. The second kappa shape index (κ2) is 17.4. The average Bonchev–Trinajstić information content (AvgIpc) is 3.26. The average molecular weight is 488 g/mol. The molecule has 0 aliphatic rings. The van der Waals surface area contributed by atoms with Crippen LogP contribution in [-0.4, -0.2) is 15.6 Å². The summed E-state index contributed by atoms with van der Waals surface area (Å²) in [5.41, 5.74) is 6.83. The topological polar surface area (TPSA) is 23.8 Å². The van der Waals surface area contributed by atoms with E-state index in [0.717, 1.165) is 15.9 Å². The van der Waals surface area contributed by atoms with Gasteiger partial charge in [-0.1, -0.05) is 97.4 Å². The molecule has 156 valence electrons. The zero-order chi connectivity index (χ0) is 22.0. The van der Waals surface area contributed by atoms with Crippen molar-refractivity contribution < 1.29 is 17.0 Å². The third-order valence-corrected chi connectivity index (χ3v) is 5.24. The van der Waals surface area contributed by atoms with Gasteiger partial charge in [0.1, 0.15) is 9.52 Å². The van der Waals surface area contributed by atoms with Crippen molar-refractivity contribution in [3.8, 4) is 0 Å². The standard InChI is InChI=1S/C12H10Si.C9H7.C4H10N.2ClH.Ti/c1-3-7-11(8-4-1)13-12-9-5-2-6-10-12;1-2-5-9-7-3-6-8(9)4-1;1-3-4(2)5;;;/h1-10H;1-7H;4-5H,3H2,1-2H3;2*1H;/q;2*-1;;;+2/p-2. The first-order chi connectivity index (χ1) is 14.6. The van der Waals surface area contributed by atoms with Gasteiger partial charge in [0.25, 0.3) is 0 Å². The first-order valence-electron chi connectivity index (χ1n) is 9.75. The fourth-order valence-electron chi connectivity index (χ4n) is 2.28. The molecule has 4 rings (SSSR count). The summed E-state index contributed by atoms with van der Waals surface area (Å²) in [6, 6.07) is 36.0. The van der Waals surface area contributed by atoms with Gasteiger partial charge in [0.05, 0.1) is 0 Å². The maximum atomic E-state index is 6.83. The summed E-state index contributed by atoms with van der Waals surface area (Å²) in [7, 11) is 10.6. The van der Waals surface area contributed by atoms with Gasteiger partial charge in [0.2, 0.25) is 0 Å². The van der Waals surface area contributed by atoms with Crippen LogP contribution in [0.15, 0.2) is 103 Å². The number of halogens is 2. The number of hydrogen-bond donors (Lipinski definition) is 0. The summed E-state index contributed by atoms with van der Waals surface area (Å²) in [6.07, 6.45) is 0.972. The molecule has 0 heterocycles. The largest absolute Gasteiger partial charge is 0.168 e. The summed E-state index contributed by atoms with van der Waals surface area (Å²) in [5, 5.41) is 5.46. The molecule has 0 saturated heterocycles. The molecule has 4 aromatic rings. The fourth-order valence-corrected chi connectivity index (χ4v) is 3.33. The van der Waals surface area contributed by atoms with Crippen LogP contribution >= 0.6 is 18.6 Å². The van der Waals surface area contributed by atoms with Crippen molar-refractivity contribution >= 4 is 49.3 Å². The van der Waals surface area contributed by atoms with E-state index in [9.17, 15) is 0 Å². The molecule has 0 spiro atoms. The molecule has 4 aromatic carbocycles. The van der Waals surface area contributed by atoms with Crippen LogP contribution in [0, 0.1) is 0 Å². The fraction of sp³-hybridized carbons (Fsp3) is 0.160.